The van der Waals surface area contributed by atoms with Gasteiger partial charge in [0.2, 0.25) is 5.91 Å². The molecular formula is C17H26N2O4. The Morgan fingerprint density at radius 2 is 1.78 bits per heavy atom. The van der Waals surface area contributed by atoms with E-state index in [0.29, 0.717) is 6.42 Å². The first-order valence-electron chi connectivity index (χ1n) is 7.66. The summed E-state index contributed by atoms with van der Waals surface area (Å²) >= 11 is 0. The van der Waals surface area contributed by atoms with Crippen LogP contribution in [0.3, 0.4) is 0 Å². The van der Waals surface area contributed by atoms with Crippen LogP contribution in [0.15, 0.2) is 30.3 Å². The molecule has 0 aromatic heterocycles. The van der Waals surface area contributed by atoms with E-state index in [-0.39, 0.29) is 18.6 Å². The van der Waals surface area contributed by atoms with Crippen LogP contribution in [-0.4, -0.2) is 41.4 Å². The average molecular weight is 322 g/mol. The zero-order valence-electron chi connectivity index (χ0n) is 14.1. The standard InChI is InChI=1S/C17H26N2O4/c1-12(11-20)18-15(21)14(10-13-8-6-5-7-9-13)19-16(22)23-17(2,3)4/h5-9,12,14,20H,10-11H2,1-4H3,(H,18,21)(H,19,22)/t12-,14+/m0/s1. The number of hydrogen-bond acceptors (Lipinski definition) is 4. The zero-order chi connectivity index (χ0) is 17.5. The van der Waals surface area contributed by atoms with Gasteiger partial charge in [0, 0.05) is 12.5 Å². The van der Waals surface area contributed by atoms with Gasteiger partial charge in [0.05, 0.1) is 6.61 Å². The van der Waals surface area contributed by atoms with Crippen molar-refractivity contribution >= 4 is 12.0 Å². The summed E-state index contributed by atoms with van der Waals surface area (Å²) in [6.45, 7) is 6.78. The van der Waals surface area contributed by atoms with Crippen LogP contribution in [0, 0.1) is 0 Å². The normalized spacial score (nSPS) is 13.8. The van der Waals surface area contributed by atoms with Crippen LogP contribution in [0.4, 0.5) is 4.79 Å². The van der Waals surface area contributed by atoms with Gasteiger partial charge in [-0.2, -0.15) is 0 Å². The molecule has 3 N–H and O–H groups in total. The van der Waals surface area contributed by atoms with Gasteiger partial charge in [-0.25, -0.2) is 4.79 Å². The maximum absolute atomic E-state index is 12.3. The van der Waals surface area contributed by atoms with Crippen LogP contribution in [-0.2, 0) is 16.0 Å². The lowest BCUT2D eigenvalue weighted by Crippen LogP contribution is -2.51. The highest BCUT2D eigenvalue weighted by Crippen LogP contribution is 2.08. The van der Waals surface area contributed by atoms with Gasteiger partial charge in [-0.05, 0) is 33.3 Å². The molecular weight excluding hydrogens is 296 g/mol. The van der Waals surface area contributed by atoms with Crippen LogP contribution in [0.1, 0.15) is 33.3 Å². The first-order valence-corrected chi connectivity index (χ1v) is 7.66. The number of aliphatic hydroxyl groups is 1. The van der Waals surface area contributed by atoms with Crippen molar-refractivity contribution in [3.63, 3.8) is 0 Å². The molecule has 0 bridgehead atoms. The van der Waals surface area contributed by atoms with Crippen molar-refractivity contribution < 1.29 is 19.4 Å². The summed E-state index contributed by atoms with van der Waals surface area (Å²) in [4.78, 5) is 24.3. The van der Waals surface area contributed by atoms with Crippen molar-refractivity contribution in [3.05, 3.63) is 35.9 Å². The molecule has 128 valence electrons. The molecule has 2 amide bonds. The summed E-state index contributed by atoms with van der Waals surface area (Å²) in [5.74, 6) is -0.360. The van der Waals surface area contributed by atoms with Gasteiger partial charge in [-0.15, -0.1) is 0 Å². The third-order valence-electron chi connectivity index (χ3n) is 2.95. The van der Waals surface area contributed by atoms with Gasteiger partial charge in [0.1, 0.15) is 11.6 Å². The molecule has 0 unspecified atom stereocenters. The fourth-order valence-corrected chi connectivity index (χ4v) is 1.90. The number of carbonyl (C=O) groups excluding carboxylic acids is 2. The van der Waals surface area contributed by atoms with Crippen LogP contribution >= 0.6 is 0 Å². The van der Waals surface area contributed by atoms with Gasteiger partial charge in [0.25, 0.3) is 0 Å². The van der Waals surface area contributed by atoms with Gasteiger partial charge in [-0.1, -0.05) is 30.3 Å². The summed E-state index contributed by atoms with van der Waals surface area (Å²) in [6.07, 6.45) is -0.311. The fraction of sp³-hybridized carbons (Fsp3) is 0.529. The van der Waals surface area contributed by atoms with E-state index in [1.165, 1.54) is 0 Å². The first-order chi connectivity index (χ1) is 10.7. The Balaban J connectivity index is 2.79. The van der Waals surface area contributed by atoms with E-state index in [4.69, 9.17) is 9.84 Å². The minimum atomic E-state index is -0.777. The number of amides is 2. The summed E-state index contributed by atoms with van der Waals surface area (Å²) < 4.78 is 5.21. The predicted octanol–water partition coefficient (Wildman–Crippen LogP) is 1.62. The second kappa shape index (κ2) is 8.53. The highest BCUT2D eigenvalue weighted by molar-refractivity contribution is 5.86. The molecule has 0 radical (unpaired) electrons. The second-order valence-electron chi connectivity index (χ2n) is 6.48. The van der Waals surface area contributed by atoms with Gasteiger partial charge in [0.15, 0.2) is 0 Å². The minimum Gasteiger partial charge on any atom is -0.444 e. The van der Waals surface area contributed by atoms with E-state index in [1.807, 2.05) is 30.3 Å². The predicted molar refractivity (Wildman–Crippen MR) is 88.0 cm³/mol. The molecule has 1 aromatic rings. The fourth-order valence-electron chi connectivity index (χ4n) is 1.90. The Morgan fingerprint density at radius 1 is 1.17 bits per heavy atom. The molecule has 0 aliphatic carbocycles. The van der Waals surface area contributed by atoms with E-state index >= 15 is 0 Å². The van der Waals surface area contributed by atoms with Crippen LogP contribution in [0.5, 0.6) is 0 Å². The number of alkyl carbamates (subject to hydrolysis) is 1. The first kappa shape index (κ1) is 19.0. The van der Waals surface area contributed by atoms with E-state index in [9.17, 15) is 9.59 Å². The molecule has 0 aliphatic heterocycles. The Morgan fingerprint density at radius 3 is 2.30 bits per heavy atom. The van der Waals surface area contributed by atoms with Crippen molar-refractivity contribution in [3.8, 4) is 0 Å². The quantitative estimate of drug-likeness (QED) is 0.742. The minimum absolute atomic E-state index is 0.170. The number of hydrogen-bond donors (Lipinski definition) is 3. The van der Waals surface area contributed by atoms with Crippen molar-refractivity contribution in [1.29, 1.82) is 0 Å². The Hall–Kier alpha value is -2.08. The maximum atomic E-state index is 12.3. The second-order valence-corrected chi connectivity index (χ2v) is 6.48. The molecule has 0 saturated heterocycles. The molecule has 0 saturated carbocycles. The van der Waals surface area contributed by atoms with Gasteiger partial charge in [-0.3, -0.25) is 4.79 Å². The molecule has 0 heterocycles. The highest BCUT2D eigenvalue weighted by atomic mass is 16.6. The molecule has 1 rings (SSSR count). The van der Waals surface area contributed by atoms with E-state index in [2.05, 4.69) is 10.6 Å². The summed E-state index contributed by atoms with van der Waals surface area (Å²) in [5, 5.41) is 14.3. The Bertz CT molecular complexity index is 511. The lowest BCUT2D eigenvalue weighted by Gasteiger charge is -2.24. The number of nitrogens with one attached hydrogen (secondary N) is 2. The average Bonchev–Trinajstić information content (AvgIpc) is 2.45. The number of ether oxygens (including phenoxy) is 1. The van der Waals surface area contributed by atoms with Crippen molar-refractivity contribution in [2.45, 2.75) is 51.8 Å². The lowest BCUT2D eigenvalue weighted by molar-refractivity contribution is -0.124. The van der Waals surface area contributed by atoms with Crippen LogP contribution in [0.2, 0.25) is 0 Å². The lowest BCUT2D eigenvalue weighted by atomic mass is 10.1. The van der Waals surface area contributed by atoms with E-state index in [1.54, 1.807) is 27.7 Å². The highest BCUT2D eigenvalue weighted by Gasteiger charge is 2.25. The summed E-state index contributed by atoms with van der Waals surface area (Å²) in [7, 11) is 0. The van der Waals surface area contributed by atoms with E-state index in [0.717, 1.165) is 5.56 Å². The molecule has 0 spiro atoms. The third-order valence-corrected chi connectivity index (χ3v) is 2.95. The smallest absolute Gasteiger partial charge is 0.408 e. The van der Waals surface area contributed by atoms with E-state index < -0.39 is 17.7 Å². The van der Waals surface area contributed by atoms with Crippen molar-refractivity contribution in [2.24, 2.45) is 0 Å². The SMILES string of the molecule is C[C@@H](CO)NC(=O)[C@@H](Cc1ccccc1)NC(=O)OC(C)(C)C. The largest absolute Gasteiger partial charge is 0.444 e. The molecule has 6 heteroatoms. The van der Waals surface area contributed by atoms with Crippen LogP contribution < -0.4 is 10.6 Å². The number of aliphatic hydroxyl groups excluding tert-OH is 1. The third kappa shape index (κ3) is 7.65. The van der Waals surface area contributed by atoms with Crippen LogP contribution in [0.25, 0.3) is 0 Å². The Kier molecular flexibility index (Phi) is 7.03. The molecule has 6 nitrogen and oxygen atoms in total. The molecule has 1 aromatic carbocycles. The molecule has 0 aliphatic rings. The number of carbonyl (C=O) groups is 2. The topological polar surface area (TPSA) is 87.7 Å². The monoisotopic (exact) mass is 322 g/mol. The molecule has 0 fully saturated rings. The van der Waals surface area contributed by atoms with Crippen molar-refractivity contribution in [1.82, 2.24) is 10.6 Å². The maximum Gasteiger partial charge on any atom is 0.408 e. The van der Waals surface area contributed by atoms with Gasteiger partial charge >= 0.3 is 6.09 Å². The zero-order valence-corrected chi connectivity index (χ0v) is 14.1. The summed E-state index contributed by atoms with van der Waals surface area (Å²) in [6, 6.07) is 8.22. The van der Waals surface area contributed by atoms with Gasteiger partial charge < -0.3 is 20.5 Å². The molecule has 2 atom stereocenters. The number of rotatable bonds is 6. The van der Waals surface area contributed by atoms with Crippen molar-refractivity contribution in [2.75, 3.05) is 6.61 Å². The number of benzene rings is 1. The molecule has 23 heavy (non-hydrogen) atoms. The Labute approximate surface area is 137 Å². The summed E-state index contributed by atoms with van der Waals surface area (Å²) in [5.41, 5.74) is 0.274.